The quantitative estimate of drug-likeness (QED) is 0.857. The maximum absolute atomic E-state index is 12.3. The SMILES string of the molecule is CN(CC1CCCC1O)C(=O)CSc1nccc2ccccc12. The van der Waals surface area contributed by atoms with E-state index in [9.17, 15) is 9.90 Å². The number of hydrogen-bond donors (Lipinski definition) is 1. The average molecular weight is 330 g/mol. The normalized spacial score (nSPS) is 20.8. The van der Waals surface area contributed by atoms with E-state index in [0.717, 1.165) is 35.1 Å². The lowest BCUT2D eigenvalue weighted by atomic mass is 10.1. The fourth-order valence-electron chi connectivity index (χ4n) is 3.13. The molecule has 1 amide bonds. The van der Waals surface area contributed by atoms with E-state index in [1.807, 2.05) is 31.3 Å². The van der Waals surface area contributed by atoms with Crippen molar-refractivity contribution in [2.24, 2.45) is 5.92 Å². The number of fused-ring (bicyclic) bond motifs is 1. The van der Waals surface area contributed by atoms with Crippen molar-refractivity contribution in [1.82, 2.24) is 9.88 Å². The van der Waals surface area contributed by atoms with E-state index in [4.69, 9.17) is 0 Å². The summed E-state index contributed by atoms with van der Waals surface area (Å²) in [5.74, 6) is 0.689. The predicted molar refractivity (Wildman–Crippen MR) is 93.5 cm³/mol. The number of aliphatic hydroxyl groups excluding tert-OH is 1. The zero-order valence-corrected chi connectivity index (χ0v) is 14.1. The van der Waals surface area contributed by atoms with Gasteiger partial charge in [-0.05, 0) is 24.3 Å². The van der Waals surface area contributed by atoms with Crippen LogP contribution in [0.3, 0.4) is 0 Å². The highest BCUT2D eigenvalue weighted by molar-refractivity contribution is 8.00. The Morgan fingerprint density at radius 2 is 2.17 bits per heavy atom. The number of benzene rings is 1. The van der Waals surface area contributed by atoms with Gasteiger partial charge in [0.2, 0.25) is 5.91 Å². The Morgan fingerprint density at radius 1 is 1.35 bits per heavy atom. The Kier molecular flexibility index (Phi) is 5.18. The van der Waals surface area contributed by atoms with Crippen molar-refractivity contribution in [2.75, 3.05) is 19.3 Å². The molecule has 122 valence electrons. The number of aliphatic hydroxyl groups is 1. The fourth-order valence-corrected chi connectivity index (χ4v) is 4.09. The number of aromatic nitrogens is 1. The maximum atomic E-state index is 12.3. The first-order valence-electron chi connectivity index (χ1n) is 8.03. The minimum absolute atomic E-state index is 0.0869. The van der Waals surface area contributed by atoms with Crippen molar-refractivity contribution in [1.29, 1.82) is 0 Å². The number of carbonyl (C=O) groups excluding carboxylic acids is 1. The molecule has 0 spiro atoms. The molecule has 23 heavy (non-hydrogen) atoms. The van der Waals surface area contributed by atoms with E-state index in [2.05, 4.69) is 11.1 Å². The number of pyridine rings is 1. The molecule has 5 heteroatoms. The number of hydrogen-bond acceptors (Lipinski definition) is 4. The van der Waals surface area contributed by atoms with Gasteiger partial charge in [-0.3, -0.25) is 4.79 Å². The molecule has 1 aromatic carbocycles. The maximum Gasteiger partial charge on any atom is 0.232 e. The molecular formula is C18H22N2O2S. The van der Waals surface area contributed by atoms with E-state index in [0.29, 0.717) is 12.3 Å². The van der Waals surface area contributed by atoms with Gasteiger partial charge in [0.05, 0.1) is 11.9 Å². The summed E-state index contributed by atoms with van der Waals surface area (Å²) in [7, 11) is 1.82. The smallest absolute Gasteiger partial charge is 0.232 e. The van der Waals surface area contributed by atoms with E-state index in [1.165, 1.54) is 11.8 Å². The van der Waals surface area contributed by atoms with Crippen LogP contribution in [0.2, 0.25) is 0 Å². The Labute approximate surface area is 140 Å². The molecule has 2 atom stereocenters. The molecule has 1 fully saturated rings. The largest absolute Gasteiger partial charge is 0.393 e. The number of carbonyl (C=O) groups is 1. The van der Waals surface area contributed by atoms with Gasteiger partial charge in [-0.15, -0.1) is 0 Å². The number of nitrogens with zero attached hydrogens (tertiary/aromatic N) is 2. The minimum atomic E-state index is -0.252. The van der Waals surface area contributed by atoms with Crippen LogP contribution in [-0.2, 0) is 4.79 Å². The Hall–Kier alpha value is -1.59. The summed E-state index contributed by atoms with van der Waals surface area (Å²) in [4.78, 5) is 18.5. The summed E-state index contributed by atoms with van der Waals surface area (Å²) in [5.41, 5.74) is 0. The first-order chi connectivity index (χ1) is 11.1. The first-order valence-corrected chi connectivity index (χ1v) is 9.02. The van der Waals surface area contributed by atoms with Crippen LogP contribution in [0.5, 0.6) is 0 Å². The summed E-state index contributed by atoms with van der Waals surface area (Å²) >= 11 is 1.48. The van der Waals surface area contributed by atoms with Gasteiger partial charge in [0.25, 0.3) is 0 Å². The molecule has 0 aliphatic heterocycles. The molecule has 2 aromatic rings. The lowest BCUT2D eigenvalue weighted by Gasteiger charge is -2.23. The molecule has 1 aromatic heterocycles. The van der Waals surface area contributed by atoms with E-state index in [1.54, 1.807) is 11.1 Å². The van der Waals surface area contributed by atoms with E-state index in [-0.39, 0.29) is 17.9 Å². The summed E-state index contributed by atoms with van der Waals surface area (Å²) in [6, 6.07) is 10.1. The van der Waals surface area contributed by atoms with Crippen molar-refractivity contribution in [3.05, 3.63) is 36.5 Å². The van der Waals surface area contributed by atoms with Gasteiger partial charge in [0.15, 0.2) is 0 Å². The van der Waals surface area contributed by atoms with Crippen LogP contribution in [0, 0.1) is 5.92 Å². The van der Waals surface area contributed by atoms with Crippen LogP contribution in [0.15, 0.2) is 41.6 Å². The van der Waals surface area contributed by atoms with Crippen molar-refractivity contribution in [3.63, 3.8) is 0 Å². The van der Waals surface area contributed by atoms with Gasteiger partial charge in [-0.1, -0.05) is 42.4 Å². The Bertz CT molecular complexity index is 686. The first kappa shape index (κ1) is 16.3. The third-order valence-corrected chi connectivity index (χ3v) is 5.51. The van der Waals surface area contributed by atoms with Crippen molar-refractivity contribution in [2.45, 2.75) is 30.4 Å². The summed E-state index contributed by atoms with van der Waals surface area (Å²) in [6.45, 7) is 0.642. The highest BCUT2D eigenvalue weighted by atomic mass is 32.2. The molecule has 1 aliphatic carbocycles. The zero-order chi connectivity index (χ0) is 16.2. The van der Waals surface area contributed by atoms with E-state index >= 15 is 0 Å². The minimum Gasteiger partial charge on any atom is -0.393 e. The van der Waals surface area contributed by atoms with Crippen LogP contribution in [0.1, 0.15) is 19.3 Å². The van der Waals surface area contributed by atoms with Crippen molar-refractivity contribution < 1.29 is 9.90 Å². The number of rotatable bonds is 5. The van der Waals surface area contributed by atoms with Crippen LogP contribution >= 0.6 is 11.8 Å². The summed E-state index contributed by atoms with van der Waals surface area (Å²) in [6.07, 6.45) is 4.46. The average Bonchev–Trinajstić information content (AvgIpc) is 2.97. The topological polar surface area (TPSA) is 53.4 Å². The monoisotopic (exact) mass is 330 g/mol. The molecule has 1 aliphatic rings. The highest BCUT2D eigenvalue weighted by Crippen LogP contribution is 2.27. The van der Waals surface area contributed by atoms with Crippen LogP contribution < -0.4 is 0 Å². The lowest BCUT2D eigenvalue weighted by Crippen LogP contribution is -2.35. The second-order valence-electron chi connectivity index (χ2n) is 6.16. The van der Waals surface area contributed by atoms with Gasteiger partial charge in [-0.25, -0.2) is 4.98 Å². The fraction of sp³-hybridized carbons (Fsp3) is 0.444. The van der Waals surface area contributed by atoms with Gasteiger partial charge in [0, 0.05) is 31.1 Å². The number of amides is 1. The van der Waals surface area contributed by atoms with Crippen LogP contribution in [0.25, 0.3) is 10.8 Å². The predicted octanol–water partition coefficient (Wildman–Crippen LogP) is 2.95. The third-order valence-electron chi connectivity index (χ3n) is 4.52. The molecule has 0 radical (unpaired) electrons. The molecule has 0 bridgehead atoms. The molecule has 1 heterocycles. The molecule has 2 unspecified atom stereocenters. The van der Waals surface area contributed by atoms with Gasteiger partial charge in [0.1, 0.15) is 5.03 Å². The lowest BCUT2D eigenvalue weighted by molar-refractivity contribution is -0.127. The van der Waals surface area contributed by atoms with Crippen molar-refractivity contribution >= 4 is 28.4 Å². The Morgan fingerprint density at radius 3 is 2.96 bits per heavy atom. The zero-order valence-electron chi connectivity index (χ0n) is 13.3. The summed E-state index contributed by atoms with van der Waals surface area (Å²) < 4.78 is 0. The van der Waals surface area contributed by atoms with Crippen molar-refractivity contribution in [3.8, 4) is 0 Å². The van der Waals surface area contributed by atoms with Gasteiger partial charge >= 0.3 is 0 Å². The highest BCUT2D eigenvalue weighted by Gasteiger charge is 2.27. The molecule has 0 saturated heterocycles. The molecule has 4 nitrogen and oxygen atoms in total. The Balaban J connectivity index is 1.59. The second-order valence-corrected chi connectivity index (χ2v) is 7.12. The standard InChI is InChI=1S/C18H22N2O2S/c1-20(11-14-6-4-8-16(14)21)17(22)12-23-18-15-7-3-2-5-13(15)9-10-19-18/h2-3,5,7,9-10,14,16,21H,4,6,8,11-12H2,1H3. The third kappa shape index (κ3) is 3.85. The van der Waals surface area contributed by atoms with Gasteiger partial charge in [-0.2, -0.15) is 0 Å². The number of thioether (sulfide) groups is 1. The van der Waals surface area contributed by atoms with E-state index < -0.39 is 0 Å². The van der Waals surface area contributed by atoms with Crippen LogP contribution in [-0.4, -0.2) is 46.3 Å². The molecule has 3 rings (SSSR count). The molecular weight excluding hydrogens is 308 g/mol. The van der Waals surface area contributed by atoms with Gasteiger partial charge < -0.3 is 10.0 Å². The summed E-state index contributed by atoms with van der Waals surface area (Å²) in [5, 5.41) is 13.0. The van der Waals surface area contributed by atoms with Crippen LogP contribution in [0.4, 0.5) is 0 Å². The second kappa shape index (κ2) is 7.32. The molecule has 1 N–H and O–H groups in total. The molecule has 1 saturated carbocycles.